The lowest BCUT2D eigenvalue weighted by atomic mass is 10.2. The van der Waals surface area contributed by atoms with E-state index in [0.29, 0.717) is 28.5 Å². The molecule has 2 aromatic carbocycles. The van der Waals surface area contributed by atoms with Gasteiger partial charge in [-0.25, -0.2) is 0 Å². The second kappa shape index (κ2) is 9.65. The van der Waals surface area contributed by atoms with E-state index in [1.807, 2.05) is 80.2 Å². The van der Waals surface area contributed by atoms with Crippen LogP contribution in [0.25, 0.3) is 5.69 Å². The second-order valence-electron chi connectivity index (χ2n) is 7.22. The molecule has 0 aliphatic heterocycles. The van der Waals surface area contributed by atoms with Crippen LogP contribution in [0.1, 0.15) is 17.2 Å². The zero-order valence-corrected chi connectivity index (χ0v) is 19.0. The van der Waals surface area contributed by atoms with Crippen LogP contribution >= 0.6 is 11.8 Å². The molecule has 0 aliphatic carbocycles. The molecule has 0 aliphatic rings. The number of hydrogen-bond acceptors (Lipinski definition) is 9. The Morgan fingerprint density at radius 1 is 0.969 bits per heavy atom. The molecular formula is C22H24N8OS. The molecule has 0 spiro atoms. The first kappa shape index (κ1) is 21.6. The summed E-state index contributed by atoms with van der Waals surface area (Å²) in [5.41, 5.74) is 7.87. The number of nitrogens with two attached hydrogens (primary N) is 1. The topological polar surface area (TPSA) is 108 Å². The van der Waals surface area contributed by atoms with Crippen LogP contribution in [0.15, 0.2) is 59.8 Å². The second-order valence-corrected chi connectivity index (χ2v) is 8.16. The van der Waals surface area contributed by atoms with Gasteiger partial charge in [0.1, 0.15) is 18.2 Å². The van der Waals surface area contributed by atoms with Crippen molar-refractivity contribution in [3.63, 3.8) is 0 Å². The molecule has 0 saturated carbocycles. The van der Waals surface area contributed by atoms with Crippen LogP contribution in [0, 0.1) is 6.92 Å². The molecule has 4 rings (SSSR count). The Balaban J connectivity index is 1.59. The first-order chi connectivity index (χ1) is 15.5. The minimum Gasteiger partial charge on any atom is -0.485 e. The van der Waals surface area contributed by atoms with E-state index >= 15 is 0 Å². The Kier molecular flexibility index (Phi) is 6.50. The summed E-state index contributed by atoms with van der Waals surface area (Å²) >= 11 is 1.48. The molecule has 2 aromatic heterocycles. The number of rotatable bonds is 8. The molecule has 9 nitrogen and oxygen atoms in total. The standard InChI is InChI=1S/C22H24N8OS/c1-15-9-7-8-12-17(15)31-13-19-27-28-22(30(19)16-10-5-4-6-11-16)32-14-18-24-20(23)26-21(25-18)29(2)3/h4-12H,13-14H2,1-3H3,(H2,23,24,25,26). The van der Waals surface area contributed by atoms with Crippen molar-refractivity contribution in [2.24, 2.45) is 0 Å². The van der Waals surface area contributed by atoms with Crippen LogP contribution in [0.5, 0.6) is 5.75 Å². The number of nitrogens with zero attached hydrogens (tertiary/aromatic N) is 7. The van der Waals surface area contributed by atoms with Crippen molar-refractivity contribution in [1.82, 2.24) is 29.7 Å². The van der Waals surface area contributed by atoms with E-state index in [1.54, 1.807) is 4.90 Å². The van der Waals surface area contributed by atoms with E-state index in [-0.39, 0.29) is 12.6 Å². The highest BCUT2D eigenvalue weighted by Crippen LogP contribution is 2.26. The molecule has 0 unspecified atom stereocenters. The predicted octanol–water partition coefficient (Wildman–Crippen LogP) is 3.28. The van der Waals surface area contributed by atoms with Gasteiger partial charge in [0, 0.05) is 19.8 Å². The molecule has 0 saturated heterocycles. The molecule has 2 heterocycles. The Morgan fingerprint density at radius 2 is 1.72 bits per heavy atom. The summed E-state index contributed by atoms with van der Waals surface area (Å²) in [6.07, 6.45) is 0. The van der Waals surface area contributed by atoms with Gasteiger partial charge in [-0.3, -0.25) is 4.57 Å². The number of hydrogen-bond donors (Lipinski definition) is 1. The molecule has 0 fully saturated rings. The van der Waals surface area contributed by atoms with Crippen LogP contribution in [0.3, 0.4) is 0 Å². The van der Waals surface area contributed by atoms with E-state index in [4.69, 9.17) is 10.5 Å². The molecule has 0 radical (unpaired) electrons. The van der Waals surface area contributed by atoms with Crippen LogP contribution in [0.2, 0.25) is 0 Å². The number of nitrogen functional groups attached to an aromatic ring is 1. The average molecular weight is 449 g/mol. The molecule has 0 amide bonds. The highest BCUT2D eigenvalue weighted by molar-refractivity contribution is 7.98. The highest BCUT2D eigenvalue weighted by atomic mass is 32.2. The van der Waals surface area contributed by atoms with E-state index in [1.165, 1.54) is 11.8 Å². The fourth-order valence-corrected chi connectivity index (χ4v) is 3.83. The number of ether oxygens (including phenoxy) is 1. The van der Waals surface area contributed by atoms with Gasteiger partial charge in [0.05, 0.1) is 5.75 Å². The summed E-state index contributed by atoms with van der Waals surface area (Å²) in [4.78, 5) is 14.6. The van der Waals surface area contributed by atoms with Crippen LogP contribution in [0.4, 0.5) is 11.9 Å². The maximum Gasteiger partial charge on any atom is 0.229 e. The summed E-state index contributed by atoms with van der Waals surface area (Å²) in [6, 6.07) is 17.8. The van der Waals surface area contributed by atoms with Gasteiger partial charge in [0.15, 0.2) is 11.0 Å². The van der Waals surface area contributed by atoms with Crippen LogP contribution < -0.4 is 15.4 Å². The minimum absolute atomic E-state index is 0.191. The van der Waals surface area contributed by atoms with Crippen molar-refractivity contribution < 1.29 is 4.74 Å². The first-order valence-corrected chi connectivity index (χ1v) is 11.0. The zero-order valence-electron chi connectivity index (χ0n) is 18.1. The Bertz CT molecular complexity index is 1200. The third-order valence-corrected chi connectivity index (χ3v) is 5.51. The number of aromatic nitrogens is 6. The van der Waals surface area contributed by atoms with Crippen molar-refractivity contribution in [3.05, 3.63) is 71.8 Å². The lowest BCUT2D eigenvalue weighted by Crippen LogP contribution is -2.16. The van der Waals surface area contributed by atoms with Gasteiger partial charge in [0.2, 0.25) is 11.9 Å². The maximum absolute atomic E-state index is 6.03. The van der Waals surface area contributed by atoms with Gasteiger partial charge in [-0.1, -0.05) is 48.2 Å². The highest BCUT2D eigenvalue weighted by Gasteiger charge is 2.17. The summed E-state index contributed by atoms with van der Waals surface area (Å²) in [5.74, 6) is 3.27. The largest absolute Gasteiger partial charge is 0.485 e. The van der Waals surface area contributed by atoms with E-state index in [2.05, 4.69) is 25.1 Å². The average Bonchev–Trinajstić information content (AvgIpc) is 3.20. The smallest absolute Gasteiger partial charge is 0.229 e. The number of para-hydroxylation sites is 2. The fraction of sp³-hybridized carbons (Fsp3) is 0.227. The summed E-state index contributed by atoms with van der Waals surface area (Å²) < 4.78 is 8.02. The number of thioether (sulfide) groups is 1. The molecule has 10 heteroatoms. The number of aryl methyl sites for hydroxylation is 1. The SMILES string of the molecule is Cc1ccccc1OCc1nnc(SCc2nc(N)nc(N(C)C)n2)n1-c1ccccc1. The Morgan fingerprint density at radius 3 is 2.47 bits per heavy atom. The van der Waals surface area contributed by atoms with Crippen molar-refractivity contribution >= 4 is 23.7 Å². The quantitative estimate of drug-likeness (QED) is 0.406. The van der Waals surface area contributed by atoms with Crippen molar-refractivity contribution in [3.8, 4) is 11.4 Å². The number of anilines is 2. The van der Waals surface area contributed by atoms with Crippen molar-refractivity contribution in [2.45, 2.75) is 24.4 Å². The Hall–Kier alpha value is -3.66. The van der Waals surface area contributed by atoms with Crippen LogP contribution in [-0.2, 0) is 12.4 Å². The van der Waals surface area contributed by atoms with E-state index < -0.39 is 0 Å². The van der Waals surface area contributed by atoms with Gasteiger partial charge < -0.3 is 15.4 Å². The molecule has 164 valence electrons. The monoisotopic (exact) mass is 448 g/mol. The molecule has 32 heavy (non-hydrogen) atoms. The third-order valence-electron chi connectivity index (χ3n) is 4.58. The van der Waals surface area contributed by atoms with E-state index in [0.717, 1.165) is 17.0 Å². The lowest BCUT2D eigenvalue weighted by Gasteiger charge is -2.13. The van der Waals surface area contributed by atoms with Gasteiger partial charge in [-0.15, -0.1) is 10.2 Å². The summed E-state index contributed by atoms with van der Waals surface area (Å²) in [7, 11) is 3.72. The third kappa shape index (κ3) is 4.97. The number of benzene rings is 2. The minimum atomic E-state index is 0.191. The normalized spacial score (nSPS) is 10.8. The molecular weight excluding hydrogens is 424 g/mol. The van der Waals surface area contributed by atoms with E-state index in [9.17, 15) is 0 Å². The van der Waals surface area contributed by atoms with Crippen molar-refractivity contribution in [1.29, 1.82) is 0 Å². The molecule has 2 N–H and O–H groups in total. The molecule has 0 bridgehead atoms. The zero-order chi connectivity index (χ0) is 22.5. The van der Waals surface area contributed by atoms with Crippen LogP contribution in [-0.4, -0.2) is 43.8 Å². The molecule has 4 aromatic rings. The Labute approximate surface area is 190 Å². The fourth-order valence-electron chi connectivity index (χ4n) is 3.00. The predicted molar refractivity (Wildman–Crippen MR) is 125 cm³/mol. The van der Waals surface area contributed by atoms with Gasteiger partial charge in [0.25, 0.3) is 0 Å². The van der Waals surface area contributed by atoms with Gasteiger partial charge in [-0.2, -0.15) is 15.0 Å². The summed E-state index contributed by atoms with van der Waals surface area (Å²) in [6.45, 7) is 2.30. The molecule has 0 atom stereocenters. The van der Waals surface area contributed by atoms with Gasteiger partial charge in [-0.05, 0) is 30.7 Å². The lowest BCUT2D eigenvalue weighted by molar-refractivity contribution is 0.291. The first-order valence-electron chi connectivity index (χ1n) is 10.00. The van der Waals surface area contributed by atoms with Crippen molar-refractivity contribution in [2.75, 3.05) is 24.7 Å². The van der Waals surface area contributed by atoms with Gasteiger partial charge >= 0.3 is 0 Å². The summed E-state index contributed by atoms with van der Waals surface area (Å²) in [5, 5.41) is 9.51. The maximum atomic E-state index is 6.03.